The van der Waals surface area contributed by atoms with E-state index in [9.17, 15) is 8.42 Å². The summed E-state index contributed by atoms with van der Waals surface area (Å²) < 4.78 is 28.2. The molecule has 0 aliphatic heterocycles. The van der Waals surface area contributed by atoms with Gasteiger partial charge in [0.15, 0.2) is 0 Å². The van der Waals surface area contributed by atoms with E-state index >= 15 is 0 Å². The average Bonchev–Trinajstić information content (AvgIpc) is 2.89. The zero-order valence-corrected chi connectivity index (χ0v) is 20.3. The van der Waals surface area contributed by atoms with Crippen LogP contribution in [0.25, 0.3) is 32.6 Å². The number of pyridine rings is 2. The molecule has 0 saturated carbocycles. The van der Waals surface area contributed by atoms with Gasteiger partial charge in [0.2, 0.25) is 0 Å². The van der Waals surface area contributed by atoms with Crippen molar-refractivity contribution in [3.05, 3.63) is 109 Å². The molecule has 2 aromatic heterocycles. The molecular weight excluding hydrogens is 468 g/mol. The highest BCUT2D eigenvalue weighted by Gasteiger charge is 2.15. The molecule has 2 N–H and O–H groups in total. The molecule has 6 rings (SSSR count). The molecule has 0 unspecified atom stereocenters. The van der Waals surface area contributed by atoms with Gasteiger partial charge in [-0.25, -0.2) is 13.4 Å². The maximum absolute atomic E-state index is 12.8. The van der Waals surface area contributed by atoms with Crippen molar-refractivity contribution in [3.63, 3.8) is 0 Å². The fraction of sp³-hybridized carbons (Fsp3) is 0.0345. The first-order valence-corrected chi connectivity index (χ1v) is 13.0. The third kappa shape index (κ3) is 3.99. The Morgan fingerprint density at radius 3 is 2.28 bits per heavy atom. The number of nitrogens with one attached hydrogen (secondary N) is 2. The second-order valence-corrected chi connectivity index (χ2v) is 10.4. The van der Waals surface area contributed by atoms with Gasteiger partial charge in [-0.05, 0) is 61.5 Å². The molecule has 176 valence electrons. The molecule has 36 heavy (non-hydrogen) atoms. The van der Waals surface area contributed by atoms with E-state index in [4.69, 9.17) is 4.98 Å². The van der Waals surface area contributed by atoms with E-state index in [1.807, 2.05) is 55.6 Å². The number of hydrogen-bond donors (Lipinski definition) is 2. The number of sulfonamides is 1. The van der Waals surface area contributed by atoms with Crippen LogP contribution in [-0.2, 0) is 10.0 Å². The summed E-state index contributed by atoms with van der Waals surface area (Å²) in [6, 6.07) is 28.1. The van der Waals surface area contributed by atoms with E-state index in [0.29, 0.717) is 5.69 Å². The first-order chi connectivity index (χ1) is 17.5. The second-order valence-electron chi connectivity index (χ2n) is 8.68. The smallest absolute Gasteiger partial charge is 0.261 e. The van der Waals surface area contributed by atoms with Gasteiger partial charge in [0.25, 0.3) is 10.0 Å². The summed E-state index contributed by atoms with van der Waals surface area (Å²) in [6.45, 7) is 1.92. The summed E-state index contributed by atoms with van der Waals surface area (Å²) in [6.07, 6.45) is 3.62. The minimum Gasteiger partial charge on any atom is -0.354 e. The minimum absolute atomic E-state index is 0.229. The molecular formula is C29H22N4O2S. The molecule has 6 nitrogen and oxygen atoms in total. The van der Waals surface area contributed by atoms with E-state index < -0.39 is 10.0 Å². The van der Waals surface area contributed by atoms with Crippen LogP contribution in [0, 0.1) is 6.92 Å². The first kappa shape index (κ1) is 22.0. The van der Waals surface area contributed by atoms with Gasteiger partial charge in [0.1, 0.15) is 0 Å². The Kier molecular flexibility index (Phi) is 5.27. The highest BCUT2D eigenvalue weighted by molar-refractivity contribution is 7.92. The van der Waals surface area contributed by atoms with Gasteiger partial charge in [-0.15, -0.1) is 0 Å². The second kappa shape index (κ2) is 8.62. The third-order valence-corrected chi connectivity index (χ3v) is 7.60. The van der Waals surface area contributed by atoms with Gasteiger partial charge >= 0.3 is 0 Å². The summed E-state index contributed by atoms with van der Waals surface area (Å²) in [5.41, 5.74) is 5.06. The van der Waals surface area contributed by atoms with Crippen LogP contribution < -0.4 is 10.0 Å². The largest absolute Gasteiger partial charge is 0.354 e. The van der Waals surface area contributed by atoms with Gasteiger partial charge in [0, 0.05) is 45.3 Å². The molecule has 0 aliphatic rings. The number of hydrogen-bond acceptors (Lipinski definition) is 5. The molecule has 0 atom stereocenters. The van der Waals surface area contributed by atoms with Crippen LogP contribution in [0.4, 0.5) is 17.1 Å². The Hall–Kier alpha value is -4.49. The van der Waals surface area contributed by atoms with Gasteiger partial charge in [-0.3, -0.25) is 9.71 Å². The molecule has 0 radical (unpaired) electrons. The summed E-state index contributed by atoms with van der Waals surface area (Å²) in [5.74, 6) is 0. The maximum Gasteiger partial charge on any atom is 0.261 e. The van der Waals surface area contributed by atoms with Crippen LogP contribution in [0.5, 0.6) is 0 Å². The molecule has 2 heterocycles. The standard InChI is InChI=1S/C29H22N4O2S/c1-19-6-13-23(14-7-19)36(34,35)33-22-11-9-21(10-12-22)31-29-25-4-2-3-5-27(25)32-28-24-16-17-30-18-20(24)8-15-26(28)29/h2-18,33H,1H3,(H,31,32). The lowest BCUT2D eigenvalue weighted by molar-refractivity contribution is 0.601. The number of aromatic nitrogens is 2. The molecule has 0 aliphatic carbocycles. The van der Waals surface area contributed by atoms with E-state index in [-0.39, 0.29) is 4.90 Å². The van der Waals surface area contributed by atoms with Crippen molar-refractivity contribution in [1.82, 2.24) is 9.97 Å². The summed E-state index contributed by atoms with van der Waals surface area (Å²) in [7, 11) is -3.66. The van der Waals surface area contributed by atoms with Crippen molar-refractivity contribution < 1.29 is 8.42 Å². The van der Waals surface area contributed by atoms with Gasteiger partial charge < -0.3 is 5.32 Å². The lowest BCUT2D eigenvalue weighted by Crippen LogP contribution is -2.12. The number of anilines is 3. The van der Waals surface area contributed by atoms with Gasteiger partial charge in [-0.1, -0.05) is 42.0 Å². The molecule has 0 bridgehead atoms. The average molecular weight is 491 g/mol. The van der Waals surface area contributed by atoms with Crippen molar-refractivity contribution in [2.45, 2.75) is 11.8 Å². The SMILES string of the molecule is Cc1ccc(S(=O)(=O)Nc2ccc(Nc3c4ccccc4nc4c3ccc3cnccc34)cc2)cc1. The number of rotatable bonds is 5. The molecule has 0 fully saturated rings. The predicted molar refractivity (Wildman–Crippen MR) is 146 cm³/mol. The number of para-hydroxylation sites is 1. The number of nitrogens with zero attached hydrogens (tertiary/aromatic N) is 2. The van der Waals surface area contributed by atoms with Gasteiger partial charge in [-0.2, -0.15) is 0 Å². The fourth-order valence-corrected chi connectivity index (χ4v) is 5.41. The van der Waals surface area contributed by atoms with Crippen molar-refractivity contribution in [2.75, 3.05) is 10.0 Å². The third-order valence-electron chi connectivity index (χ3n) is 6.20. The van der Waals surface area contributed by atoms with Crippen molar-refractivity contribution in [3.8, 4) is 0 Å². The Morgan fingerprint density at radius 1 is 0.722 bits per heavy atom. The monoisotopic (exact) mass is 490 g/mol. The number of benzene rings is 4. The molecule has 0 spiro atoms. The van der Waals surface area contributed by atoms with Crippen molar-refractivity contribution >= 4 is 59.7 Å². The molecule has 0 amide bonds. The lowest BCUT2D eigenvalue weighted by Gasteiger charge is -2.15. The predicted octanol–water partition coefficient (Wildman–Crippen LogP) is 6.79. The maximum atomic E-state index is 12.8. The Bertz CT molecular complexity index is 1850. The molecule has 4 aromatic carbocycles. The quantitative estimate of drug-likeness (QED) is 0.205. The molecule has 7 heteroatoms. The van der Waals surface area contributed by atoms with E-state index in [1.54, 1.807) is 42.6 Å². The van der Waals surface area contributed by atoms with Gasteiger partial charge in [0.05, 0.1) is 21.6 Å². The fourth-order valence-electron chi connectivity index (χ4n) is 4.35. The zero-order valence-electron chi connectivity index (χ0n) is 19.4. The Labute approximate surface area is 208 Å². The summed E-state index contributed by atoms with van der Waals surface area (Å²) >= 11 is 0. The Balaban J connectivity index is 1.37. The van der Waals surface area contributed by atoms with E-state index in [1.165, 1.54) is 0 Å². The van der Waals surface area contributed by atoms with Crippen molar-refractivity contribution in [1.29, 1.82) is 0 Å². The number of fused-ring (bicyclic) bond motifs is 4. The van der Waals surface area contributed by atoms with Crippen LogP contribution in [0.3, 0.4) is 0 Å². The highest BCUT2D eigenvalue weighted by Crippen LogP contribution is 2.36. The van der Waals surface area contributed by atoms with Crippen molar-refractivity contribution in [2.24, 2.45) is 0 Å². The highest BCUT2D eigenvalue weighted by atomic mass is 32.2. The normalized spacial score (nSPS) is 11.7. The summed E-state index contributed by atoms with van der Waals surface area (Å²) in [4.78, 5) is 9.42. The van der Waals surface area contributed by atoms with Crippen LogP contribution in [0.15, 0.2) is 108 Å². The zero-order chi connectivity index (χ0) is 24.7. The minimum atomic E-state index is -3.66. The van der Waals surface area contributed by atoms with E-state index in [0.717, 1.165) is 49.5 Å². The van der Waals surface area contributed by atoms with Crippen LogP contribution in [0.1, 0.15) is 5.56 Å². The number of aryl methyl sites for hydroxylation is 1. The topological polar surface area (TPSA) is 84.0 Å². The molecule has 6 aromatic rings. The Morgan fingerprint density at radius 2 is 1.47 bits per heavy atom. The van der Waals surface area contributed by atoms with Crippen LogP contribution in [0.2, 0.25) is 0 Å². The first-order valence-electron chi connectivity index (χ1n) is 11.5. The summed E-state index contributed by atoms with van der Waals surface area (Å²) in [5, 5.41) is 7.62. The van der Waals surface area contributed by atoms with E-state index in [2.05, 4.69) is 27.2 Å². The van der Waals surface area contributed by atoms with Crippen LogP contribution in [-0.4, -0.2) is 18.4 Å². The lowest BCUT2D eigenvalue weighted by atomic mass is 10.0. The molecule has 0 saturated heterocycles. The van der Waals surface area contributed by atoms with Crippen LogP contribution >= 0.6 is 0 Å².